The van der Waals surface area contributed by atoms with Crippen LogP contribution in [0.25, 0.3) is 5.57 Å². The van der Waals surface area contributed by atoms with Gasteiger partial charge < -0.3 is 4.74 Å². The van der Waals surface area contributed by atoms with Gasteiger partial charge in [-0.05, 0) is 58.0 Å². The maximum Gasteiger partial charge on any atom is 0.364 e. The quantitative estimate of drug-likeness (QED) is 0.589. The van der Waals surface area contributed by atoms with Gasteiger partial charge in [-0.15, -0.1) is 0 Å². The van der Waals surface area contributed by atoms with Gasteiger partial charge in [0.05, 0.1) is 0 Å². The van der Waals surface area contributed by atoms with Crippen molar-refractivity contribution in [2.24, 2.45) is 4.99 Å². The third kappa shape index (κ3) is 3.13. The summed E-state index contributed by atoms with van der Waals surface area (Å²) in [5.41, 5.74) is 4.38. The summed E-state index contributed by atoms with van der Waals surface area (Å²) in [4.78, 5) is 16.5. The van der Waals surface area contributed by atoms with Crippen molar-refractivity contribution in [3.8, 4) is 0 Å². The van der Waals surface area contributed by atoms with Crippen LogP contribution < -0.4 is 0 Å². The van der Waals surface area contributed by atoms with E-state index in [9.17, 15) is 4.79 Å². The number of rotatable bonds is 2. The number of ether oxygens (including phenoxy) is 1. The molecule has 0 bridgehead atoms. The van der Waals surface area contributed by atoms with Crippen molar-refractivity contribution in [3.05, 3.63) is 63.5 Å². The number of allylic oxidation sites excluding steroid dienone is 1. The Morgan fingerprint density at radius 2 is 1.83 bits per heavy atom. The molecular weight excluding hydrogens is 306 g/mol. The Hall–Kier alpha value is -2.20. The Morgan fingerprint density at radius 3 is 2.39 bits per heavy atom. The maximum absolute atomic E-state index is 12.1. The number of nitrogens with zero attached hydrogens (tertiary/aromatic N) is 1. The highest BCUT2D eigenvalue weighted by Gasteiger charge is 2.27. The molecule has 1 aromatic heterocycles. The summed E-state index contributed by atoms with van der Waals surface area (Å²) in [5.74, 6) is -0.0105. The first-order valence-electron chi connectivity index (χ1n) is 7.51. The first-order valence-corrected chi connectivity index (χ1v) is 8.46. The molecule has 2 aromatic rings. The van der Waals surface area contributed by atoms with E-state index in [4.69, 9.17) is 4.74 Å². The minimum atomic E-state index is -0.386. The highest BCUT2D eigenvalue weighted by Crippen LogP contribution is 2.28. The number of aliphatic imine (C=N–C) groups is 1. The van der Waals surface area contributed by atoms with E-state index in [0.29, 0.717) is 11.6 Å². The van der Waals surface area contributed by atoms with Gasteiger partial charge in [-0.25, -0.2) is 9.79 Å². The van der Waals surface area contributed by atoms with Gasteiger partial charge in [0.15, 0.2) is 5.70 Å². The molecule has 3 nitrogen and oxygen atoms in total. The molecule has 0 N–H and O–H groups in total. The van der Waals surface area contributed by atoms with Crippen molar-refractivity contribution < 1.29 is 9.53 Å². The van der Waals surface area contributed by atoms with Gasteiger partial charge in [-0.3, -0.25) is 0 Å². The number of cyclic esters (lactones) is 1. The molecule has 0 saturated carbocycles. The molecule has 118 valence electrons. The fraction of sp³-hybridized carbons (Fsp3) is 0.263. The fourth-order valence-corrected chi connectivity index (χ4v) is 3.10. The molecule has 0 atom stereocenters. The molecule has 1 aliphatic heterocycles. The molecule has 0 spiro atoms. The zero-order chi connectivity index (χ0) is 16.6. The summed E-state index contributed by atoms with van der Waals surface area (Å²) >= 11 is 1.59. The van der Waals surface area contributed by atoms with Crippen LogP contribution in [-0.2, 0) is 14.9 Å². The number of hydrogen-bond donors (Lipinski definition) is 0. The lowest BCUT2D eigenvalue weighted by Crippen LogP contribution is -2.11. The first kappa shape index (κ1) is 15.7. The van der Waals surface area contributed by atoms with Crippen LogP contribution in [0.1, 0.15) is 44.4 Å². The summed E-state index contributed by atoms with van der Waals surface area (Å²) in [5, 5.41) is 3.98. The standard InChI is InChI=1S/C19H19NO2S/c1-12(14-9-10-23-11-14)16-18(21)22-17(20-16)13-5-7-15(8-6-13)19(2,3)4/h5-11H,1-4H3/b16-12+. The van der Waals surface area contributed by atoms with Crippen LogP contribution >= 0.6 is 11.3 Å². The Balaban J connectivity index is 1.94. The predicted octanol–water partition coefficient (Wildman–Crippen LogP) is 4.78. The van der Waals surface area contributed by atoms with Gasteiger partial charge in [-0.1, -0.05) is 32.9 Å². The summed E-state index contributed by atoms with van der Waals surface area (Å²) < 4.78 is 5.36. The molecule has 0 unspecified atom stereocenters. The molecule has 1 aliphatic rings. The van der Waals surface area contributed by atoms with Gasteiger partial charge >= 0.3 is 5.97 Å². The number of hydrogen-bond acceptors (Lipinski definition) is 4. The zero-order valence-electron chi connectivity index (χ0n) is 13.7. The molecule has 0 amide bonds. The van der Waals surface area contributed by atoms with E-state index in [2.05, 4.69) is 37.9 Å². The number of benzene rings is 1. The number of esters is 1. The van der Waals surface area contributed by atoms with Crippen LogP contribution in [0.15, 0.2) is 51.8 Å². The summed E-state index contributed by atoms with van der Waals surface area (Å²) in [6, 6.07) is 10.00. The smallest absolute Gasteiger partial charge is 0.364 e. The number of thiophene rings is 1. The Kier molecular flexibility index (Phi) is 3.94. The van der Waals surface area contributed by atoms with Crippen molar-refractivity contribution in [2.45, 2.75) is 33.1 Å². The molecule has 23 heavy (non-hydrogen) atoms. The predicted molar refractivity (Wildman–Crippen MR) is 94.7 cm³/mol. The number of carbonyl (C=O) groups is 1. The largest absolute Gasteiger partial charge is 0.402 e. The third-order valence-electron chi connectivity index (χ3n) is 3.90. The Labute approximate surface area is 140 Å². The lowest BCUT2D eigenvalue weighted by atomic mass is 9.87. The monoisotopic (exact) mass is 325 g/mol. The molecular formula is C19H19NO2S. The van der Waals surface area contributed by atoms with Crippen LogP contribution in [-0.4, -0.2) is 11.9 Å². The van der Waals surface area contributed by atoms with E-state index in [0.717, 1.165) is 16.7 Å². The van der Waals surface area contributed by atoms with Crippen LogP contribution in [0.3, 0.4) is 0 Å². The summed E-state index contributed by atoms with van der Waals surface area (Å²) in [7, 11) is 0. The minimum absolute atomic E-state index is 0.0906. The van der Waals surface area contributed by atoms with E-state index < -0.39 is 0 Å². The van der Waals surface area contributed by atoms with Crippen LogP contribution in [0.2, 0.25) is 0 Å². The van der Waals surface area contributed by atoms with Gasteiger partial charge in [0.2, 0.25) is 5.90 Å². The normalized spacial score (nSPS) is 17.0. The maximum atomic E-state index is 12.1. The second kappa shape index (κ2) is 5.78. The number of carbonyl (C=O) groups excluding carboxylic acids is 1. The van der Waals surface area contributed by atoms with E-state index in [1.54, 1.807) is 11.3 Å². The van der Waals surface area contributed by atoms with Crippen LogP contribution in [0, 0.1) is 0 Å². The van der Waals surface area contributed by atoms with Gasteiger partial charge in [0, 0.05) is 5.56 Å². The topological polar surface area (TPSA) is 38.7 Å². The summed E-state index contributed by atoms with van der Waals surface area (Å²) in [6.07, 6.45) is 0. The van der Waals surface area contributed by atoms with Crippen molar-refractivity contribution >= 4 is 28.8 Å². The van der Waals surface area contributed by atoms with Crippen LogP contribution in [0.4, 0.5) is 0 Å². The molecule has 0 saturated heterocycles. The summed E-state index contributed by atoms with van der Waals surface area (Å²) in [6.45, 7) is 8.40. The van der Waals surface area contributed by atoms with E-state index in [-0.39, 0.29) is 11.4 Å². The average Bonchev–Trinajstić information content (AvgIpc) is 3.15. The molecule has 0 aliphatic carbocycles. The molecule has 0 radical (unpaired) electrons. The van der Waals surface area contributed by atoms with Crippen molar-refractivity contribution in [3.63, 3.8) is 0 Å². The lowest BCUT2D eigenvalue weighted by Gasteiger charge is -2.18. The van der Waals surface area contributed by atoms with Crippen molar-refractivity contribution in [1.29, 1.82) is 0 Å². The second-order valence-corrected chi connectivity index (χ2v) is 7.40. The van der Waals surface area contributed by atoms with Crippen molar-refractivity contribution in [2.75, 3.05) is 0 Å². The molecule has 3 rings (SSSR count). The molecule has 4 heteroatoms. The van der Waals surface area contributed by atoms with E-state index in [1.807, 2.05) is 35.9 Å². The van der Waals surface area contributed by atoms with E-state index in [1.165, 1.54) is 5.56 Å². The highest BCUT2D eigenvalue weighted by atomic mass is 32.1. The van der Waals surface area contributed by atoms with Crippen LogP contribution in [0.5, 0.6) is 0 Å². The van der Waals surface area contributed by atoms with E-state index >= 15 is 0 Å². The Bertz CT molecular complexity index is 791. The van der Waals surface area contributed by atoms with Gasteiger partial charge in [-0.2, -0.15) is 11.3 Å². The molecule has 0 fully saturated rings. The SMILES string of the molecule is C/C(=C1\N=C(c2ccc(C(C)(C)C)cc2)OC1=O)c1ccsc1. The lowest BCUT2D eigenvalue weighted by molar-refractivity contribution is -0.129. The zero-order valence-corrected chi connectivity index (χ0v) is 14.5. The highest BCUT2D eigenvalue weighted by molar-refractivity contribution is 7.08. The first-order chi connectivity index (χ1) is 10.9. The van der Waals surface area contributed by atoms with Crippen molar-refractivity contribution in [1.82, 2.24) is 0 Å². The minimum Gasteiger partial charge on any atom is -0.402 e. The Morgan fingerprint density at radius 1 is 1.13 bits per heavy atom. The fourth-order valence-electron chi connectivity index (χ4n) is 2.39. The van der Waals surface area contributed by atoms with Gasteiger partial charge in [0.25, 0.3) is 0 Å². The molecule has 1 aromatic carbocycles. The van der Waals surface area contributed by atoms with Gasteiger partial charge in [0.1, 0.15) is 0 Å². The second-order valence-electron chi connectivity index (χ2n) is 6.62. The average molecular weight is 325 g/mol. The third-order valence-corrected chi connectivity index (χ3v) is 4.59. The molecule has 2 heterocycles.